The van der Waals surface area contributed by atoms with Crippen LogP contribution in [0.4, 0.5) is 18.9 Å². The number of alkyl halides is 3. The van der Waals surface area contributed by atoms with E-state index in [1.807, 2.05) is 0 Å². The number of piperazine rings is 1. The molecule has 1 atom stereocenters. The second kappa shape index (κ2) is 9.30. The molecule has 0 unspecified atom stereocenters. The van der Waals surface area contributed by atoms with Crippen molar-refractivity contribution in [3.8, 4) is 0 Å². The van der Waals surface area contributed by atoms with Crippen LogP contribution in [0.3, 0.4) is 0 Å². The first-order valence-electron chi connectivity index (χ1n) is 10.1. The van der Waals surface area contributed by atoms with E-state index in [1.54, 1.807) is 4.90 Å². The molecule has 1 amide bonds. The third-order valence-corrected chi connectivity index (χ3v) is 6.38. The topological polar surface area (TPSA) is 76.6 Å². The molecule has 3 N–H and O–H groups in total. The fourth-order valence-electron chi connectivity index (χ4n) is 4.24. The zero-order valence-corrected chi connectivity index (χ0v) is 17.8. The van der Waals surface area contributed by atoms with E-state index in [-0.39, 0.29) is 22.9 Å². The SMILES string of the molecule is CN1CCC(N2CCN(C(=O)[C@H]([NH-])Cc3cc(Cl)c(N)c(C(F)(F)F)c3)CC2)CC1. The van der Waals surface area contributed by atoms with Crippen molar-refractivity contribution >= 4 is 23.2 Å². The Morgan fingerprint density at radius 1 is 1.20 bits per heavy atom. The maximum atomic E-state index is 13.1. The molecule has 2 heterocycles. The Bertz CT molecular complexity index is 760. The van der Waals surface area contributed by atoms with Crippen molar-refractivity contribution in [3.63, 3.8) is 0 Å². The molecule has 10 heteroatoms. The summed E-state index contributed by atoms with van der Waals surface area (Å²) in [6.45, 7) is 4.75. The number of nitrogens with two attached hydrogens (primary N) is 1. The summed E-state index contributed by atoms with van der Waals surface area (Å²) < 4.78 is 39.4. The molecule has 1 aromatic rings. The van der Waals surface area contributed by atoms with E-state index in [1.165, 1.54) is 6.07 Å². The van der Waals surface area contributed by atoms with E-state index >= 15 is 0 Å². The number of rotatable bonds is 4. The minimum Gasteiger partial charge on any atom is -0.667 e. The molecule has 0 radical (unpaired) electrons. The van der Waals surface area contributed by atoms with E-state index in [0.29, 0.717) is 19.1 Å². The van der Waals surface area contributed by atoms with Crippen LogP contribution in [0.1, 0.15) is 24.0 Å². The van der Waals surface area contributed by atoms with Gasteiger partial charge in [0.25, 0.3) is 0 Å². The van der Waals surface area contributed by atoms with E-state index in [4.69, 9.17) is 23.1 Å². The molecule has 0 bridgehead atoms. The fraction of sp³-hybridized carbons (Fsp3) is 0.650. The second-order valence-corrected chi connectivity index (χ2v) is 8.60. The number of hydrogen-bond donors (Lipinski definition) is 1. The molecule has 3 rings (SSSR count). The molecule has 2 aliphatic rings. The summed E-state index contributed by atoms with van der Waals surface area (Å²) in [7, 11) is 2.12. The van der Waals surface area contributed by atoms with E-state index in [0.717, 1.165) is 45.1 Å². The highest BCUT2D eigenvalue weighted by molar-refractivity contribution is 6.33. The lowest BCUT2D eigenvalue weighted by molar-refractivity contribution is -0.137. The van der Waals surface area contributed by atoms with Gasteiger partial charge in [0, 0.05) is 32.2 Å². The third kappa shape index (κ3) is 5.38. The van der Waals surface area contributed by atoms with Gasteiger partial charge in [-0.05, 0) is 57.1 Å². The molecule has 2 saturated heterocycles. The minimum atomic E-state index is -4.64. The molecular weight excluding hydrogens is 419 g/mol. The summed E-state index contributed by atoms with van der Waals surface area (Å²) in [4.78, 5) is 19.1. The lowest BCUT2D eigenvalue weighted by Crippen LogP contribution is -2.55. The molecule has 2 aliphatic heterocycles. The molecule has 0 spiro atoms. The Morgan fingerprint density at radius 2 is 1.80 bits per heavy atom. The molecule has 0 saturated carbocycles. The molecule has 2 fully saturated rings. The van der Waals surface area contributed by atoms with E-state index in [2.05, 4.69) is 16.8 Å². The quantitative estimate of drug-likeness (QED) is 0.721. The normalized spacial score (nSPS) is 21.1. The van der Waals surface area contributed by atoms with Gasteiger partial charge in [0.05, 0.1) is 16.3 Å². The molecule has 168 valence electrons. The number of hydrogen-bond acceptors (Lipinski definition) is 4. The van der Waals surface area contributed by atoms with Gasteiger partial charge in [-0.2, -0.15) is 13.2 Å². The number of carbonyl (C=O) groups is 1. The number of anilines is 1. The van der Waals surface area contributed by atoms with Crippen molar-refractivity contribution in [3.05, 3.63) is 34.0 Å². The molecule has 0 aliphatic carbocycles. The highest BCUT2D eigenvalue weighted by Crippen LogP contribution is 2.38. The van der Waals surface area contributed by atoms with Crippen molar-refractivity contribution in [1.29, 1.82) is 0 Å². The summed E-state index contributed by atoms with van der Waals surface area (Å²) in [5.74, 6) is -0.362. The lowest BCUT2D eigenvalue weighted by Gasteiger charge is -2.43. The van der Waals surface area contributed by atoms with Gasteiger partial charge in [-0.3, -0.25) is 9.69 Å². The van der Waals surface area contributed by atoms with Gasteiger partial charge in [-0.25, -0.2) is 0 Å². The van der Waals surface area contributed by atoms with Gasteiger partial charge in [-0.1, -0.05) is 17.6 Å². The maximum Gasteiger partial charge on any atom is 0.418 e. The molecule has 30 heavy (non-hydrogen) atoms. The number of amides is 1. The van der Waals surface area contributed by atoms with Crippen LogP contribution in [-0.4, -0.2) is 79.0 Å². The van der Waals surface area contributed by atoms with Gasteiger partial charge < -0.3 is 21.3 Å². The molecule has 0 aromatic heterocycles. The van der Waals surface area contributed by atoms with Gasteiger partial charge in [0.2, 0.25) is 5.91 Å². The summed E-state index contributed by atoms with van der Waals surface area (Å²) in [6, 6.07) is 1.54. The number of nitrogen functional groups attached to an aromatic ring is 1. The zero-order chi connectivity index (χ0) is 22.1. The van der Waals surface area contributed by atoms with Gasteiger partial charge >= 0.3 is 6.18 Å². The van der Waals surface area contributed by atoms with Crippen LogP contribution in [0.5, 0.6) is 0 Å². The number of nitrogens with one attached hydrogen (secondary N) is 1. The van der Waals surface area contributed by atoms with Crippen molar-refractivity contribution in [2.24, 2.45) is 0 Å². The number of benzene rings is 1. The van der Waals surface area contributed by atoms with Crippen molar-refractivity contribution in [2.45, 2.75) is 37.5 Å². The molecule has 1 aromatic carbocycles. The number of nitrogens with zero attached hydrogens (tertiary/aromatic N) is 3. The number of halogens is 4. The number of carbonyl (C=O) groups excluding carboxylic acids is 1. The smallest absolute Gasteiger partial charge is 0.418 e. The monoisotopic (exact) mass is 446 g/mol. The van der Waals surface area contributed by atoms with Crippen molar-refractivity contribution < 1.29 is 18.0 Å². The van der Waals surface area contributed by atoms with Crippen LogP contribution >= 0.6 is 11.6 Å². The standard InChI is InChI=1S/C20H28ClF3N5O/c1-27-4-2-14(3-5-27)28-6-8-29(9-7-28)19(30)17(25)12-13-10-15(20(22,23)24)18(26)16(21)11-13/h10-11,14,17,25H,2-9,12,26H2,1H3/q-1/t17-/m1/s1. The first-order valence-corrected chi connectivity index (χ1v) is 10.5. The molecular formula is C20H28ClF3N5O-. The Kier molecular flexibility index (Phi) is 7.16. The van der Waals surface area contributed by atoms with Crippen molar-refractivity contribution in [1.82, 2.24) is 14.7 Å². The van der Waals surface area contributed by atoms with Crippen LogP contribution < -0.4 is 5.73 Å². The maximum absolute atomic E-state index is 13.1. The van der Waals surface area contributed by atoms with Gasteiger partial charge in [0.1, 0.15) is 0 Å². The second-order valence-electron chi connectivity index (χ2n) is 8.19. The summed E-state index contributed by atoms with van der Waals surface area (Å²) in [6.07, 6.45) is -2.55. The van der Waals surface area contributed by atoms with Crippen LogP contribution in [0.2, 0.25) is 5.02 Å². The average Bonchev–Trinajstić information content (AvgIpc) is 2.70. The number of likely N-dealkylation sites (tertiary alicyclic amines) is 1. The van der Waals surface area contributed by atoms with Crippen molar-refractivity contribution in [2.75, 3.05) is 52.0 Å². The molecule has 6 nitrogen and oxygen atoms in total. The van der Waals surface area contributed by atoms with E-state index < -0.39 is 23.5 Å². The van der Waals surface area contributed by atoms with Crippen LogP contribution in [0.25, 0.3) is 5.73 Å². The zero-order valence-electron chi connectivity index (χ0n) is 17.0. The van der Waals surface area contributed by atoms with Gasteiger partial charge in [-0.15, -0.1) is 0 Å². The Labute approximate surface area is 179 Å². The first kappa shape index (κ1) is 23.1. The largest absolute Gasteiger partial charge is 0.667 e. The highest BCUT2D eigenvalue weighted by Gasteiger charge is 2.34. The first-order chi connectivity index (χ1) is 14.1. The predicted molar refractivity (Wildman–Crippen MR) is 111 cm³/mol. The summed E-state index contributed by atoms with van der Waals surface area (Å²) in [5, 5.41) is -0.216. The number of piperidine rings is 1. The Hall–Kier alpha value is -1.55. The Morgan fingerprint density at radius 3 is 2.37 bits per heavy atom. The van der Waals surface area contributed by atoms with E-state index in [9.17, 15) is 18.0 Å². The lowest BCUT2D eigenvalue weighted by atomic mass is 10.0. The average molecular weight is 447 g/mol. The predicted octanol–water partition coefficient (Wildman–Crippen LogP) is 3.14. The van der Waals surface area contributed by atoms with Gasteiger partial charge in [0.15, 0.2) is 0 Å². The van der Waals surface area contributed by atoms with Crippen LogP contribution in [0, 0.1) is 0 Å². The summed E-state index contributed by atoms with van der Waals surface area (Å²) >= 11 is 5.85. The van der Waals surface area contributed by atoms with Crippen LogP contribution in [-0.2, 0) is 17.4 Å². The summed E-state index contributed by atoms with van der Waals surface area (Å²) in [5.41, 5.74) is 12.3. The van der Waals surface area contributed by atoms with Crippen LogP contribution in [0.15, 0.2) is 12.1 Å². The Balaban J connectivity index is 1.57. The highest BCUT2D eigenvalue weighted by atomic mass is 35.5. The fourth-order valence-corrected chi connectivity index (χ4v) is 4.48. The minimum absolute atomic E-state index is 0.142. The third-order valence-electron chi connectivity index (χ3n) is 6.06.